The third kappa shape index (κ3) is 3.39. The fraction of sp³-hybridized carbons (Fsp3) is 0.600. The van der Waals surface area contributed by atoms with Gasteiger partial charge in [-0.25, -0.2) is 0 Å². The zero-order chi connectivity index (χ0) is 14.7. The second-order valence-corrected chi connectivity index (χ2v) is 6.81. The molecule has 0 aliphatic carbocycles. The number of rotatable bonds is 5. The summed E-state index contributed by atoms with van der Waals surface area (Å²) in [5.41, 5.74) is 0. The van der Waals surface area contributed by atoms with Crippen LogP contribution >= 0.6 is 11.3 Å². The summed E-state index contributed by atoms with van der Waals surface area (Å²) in [6.45, 7) is 6.31. The molecule has 1 N–H and O–H groups in total. The van der Waals surface area contributed by atoms with Crippen molar-refractivity contribution >= 4 is 23.2 Å². The van der Waals surface area contributed by atoms with Gasteiger partial charge in [-0.15, -0.1) is 11.3 Å². The van der Waals surface area contributed by atoms with E-state index in [1.807, 2.05) is 13.8 Å². The summed E-state index contributed by atoms with van der Waals surface area (Å²) in [5, 5.41) is 2.79. The predicted molar refractivity (Wildman–Crippen MR) is 80.8 cm³/mol. The fourth-order valence-electron chi connectivity index (χ4n) is 2.59. The highest BCUT2D eigenvalue weighted by molar-refractivity contribution is 7.11. The van der Waals surface area contributed by atoms with E-state index in [9.17, 15) is 9.59 Å². The molecular formula is C15H22N2O2S. The minimum atomic E-state index is -0.339. The van der Waals surface area contributed by atoms with Gasteiger partial charge in [0.2, 0.25) is 11.8 Å². The van der Waals surface area contributed by atoms with Crippen LogP contribution in [-0.2, 0) is 16.0 Å². The van der Waals surface area contributed by atoms with Crippen molar-refractivity contribution in [2.24, 2.45) is 0 Å². The van der Waals surface area contributed by atoms with E-state index in [2.05, 4.69) is 24.4 Å². The topological polar surface area (TPSA) is 49.4 Å². The summed E-state index contributed by atoms with van der Waals surface area (Å²) < 4.78 is 0. The summed E-state index contributed by atoms with van der Waals surface area (Å²) in [4.78, 5) is 28.4. The monoisotopic (exact) mass is 294 g/mol. The summed E-state index contributed by atoms with van der Waals surface area (Å²) >= 11 is 1.75. The lowest BCUT2D eigenvalue weighted by Gasteiger charge is -2.36. The van der Waals surface area contributed by atoms with Gasteiger partial charge in [0.05, 0.1) is 6.54 Å². The first-order chi connectivity index (χ1) is 9.51. The molecule has 0 bridgehead atoms. The van der Waals surface area contributed by atoms with Crippen LogP contribution < -0.4 is 5.32 Å². The number of amides is 2. The normalized spacial score (nSPS) is 20.9. The Kier molecular flexibility index (Phi) is 4.81. The summed E-state index contributed by atoms with van der Waals surface area (Å²) in [5.74, 6) is 0.0180. The van der Waals surface area contributed by atoms with Crippen molar-refractivity contribution in [3.05, 3.63) is 21.9 Å². The van der Waals surface area contributed by atoms with Gasteiger partial charge in [0, 0.05) is 22.2 Å². The zero-order valence-electron chi connectivity index (χ0n) is 12.3. The maximum atomic E-state index is 12.4. The Hall–Kier alpha value is -1.36. The molecule has 1 aromatic rings. The molecule has 1 saturated heterocycles. The number of hydrogen-bond donors (Lipinski definition) is 1. The first-order valence-corrected chi connectivity index (χ1v) is 7.98. The van der Waals surface area contributed by atoms with Gasteiger partial charge in [0.15, 0.2) is 0 Å². The summed E-state index contributed by atoms with van der Waals surface area (Å²) in [7, 11) is 0. The lowest BCUT2D eigenvalue weighted by Crippen LogP contribution is -2.60. The van der Waals surface area contributed by atoms with Crippen molar-refractivity contribution < 1.29 is 9.59 Å². The van der Waals surface area contributed by atoms with E-state index in [1.165, 1.54) is 9.75 Å². The quantitative estimate of drug-likeness (QED) is 0.904. The van der Waals surface area contributed by atoms with Gasteiger partial charge in [-0.3, -0.25) is 9.59 Å². The van der Waals surface area contributed by atoms with E-state index < -0.39 is 0 Å². The van der Waals surface area contributed by atoms with E-state index in [0.29, 0.717) is 6.42 Å². The molecule has 0 aromatic carbocycles. The standard InChI is InChI=1S/C15H22N2O2S/c1-4-5-13-15(19)17(9-14(18)16-13)10(2)8-12-7-6-11(3)20-12/h6-7,10,13H,4-5,8-9H2,1-3H3,(H,16,18). The van der Waals surface area contributed by atoms with Crippen molar-refractivity contribution in [1.29, 1.82) is 0 Å². The maximum Gasteiger partial charge on any atom is 0.245 e. The first kappa shape index (κ1) is 15.0. The molecule has 0 radical (unpaired) electrons. The largest absolute Gasteiger partial charge is 0.343 e. The molecular weight excluding hydrogens is 272 g/mol. The molecule has 2 unspecified atom stereocenters. The van der Waals surface area contributed by atoms with Gasteiger partial charge in [0.25, 0.3) is 0 Å². The fourth-order valence-corrected chi connectivity index (χ4v) is 3.60. The van der Waals surface area contributed by atoms with Crippen molar-refractivity contribution in [3.63, 3.8) is 0 Å². The summed E-state index contributed by atoms with van der Waals surface area (Å²) in [6.07, 6.45) is 2.42. The first-order valence-electron chi connectivity index (χ1n) is 7.16. The Bertz CT molecular complexity index is 498. The Balaban J connectivity index is 2.05. The number of hydrogen-bond acceptors (Lipinski definition) is 3. The molecule has 110 valence electrons. The SMILES string of the molecule is CCCC1NC(=O)CN(C(C)Cc2ccc(C)s2)C1=O. The molecule has 1 aliphatic heterocycles. The van der Waals surface area contributed by atoms with Gasteiger partial charge in [-0.1, -0.05) is 13.3 Å². The van der Waals surface area contributed by atoms with E-state index in [4.69, 9.17) is 0 Å². The second kappa shape index (κ2) is 6.39. The highest BCUT2D eigenvalue weighted by atomic mass is 32.1. The van der Waals surface area contributed by atoms with Gasteiger partial charge < -0.3 is 10.2 Å². The Morgan fingerprint density at radius 2 is 2.20 bits per heavy atom. The average molecular weight is 294 g/mol. The third-order valence-corrected chi connectivity index (χ3v) is 4.66. The van der Waals surface area contributed by atoms with Crippen molar-refractivity contribution in [1.82, 2.24) is 10.2 Å². The summed E-state index contributed by atoms with van der Waals surface area (Å²) in [6, 6.07) is 3.92. The van der Waals surface area contributed by atoms with Crippen molar-refractivity contribution in [3.8, 4) is 0 Å². The highest BCUT2D eigenvalue weighted by Crippen LogP contribution is 2.20. The number of piperazine rings is 1. The molecule has 2 heterocycles. The predicted octanol–water partition coefficient (Wildman–Crippen LogP) is 2.11. The molecule has 20 heavy (non-hydrogen) atoms. The van der Waals surface area contributed by atoms with Gasteiger partial charge in [0.1, 0.15) is 6.04 Å². The highest BCUT2D eigenvalue weighted by Gasteiger charge is 2.34. The number of aryl methyl sites for hydroxylation is 1. The van der Waals surface area contributed by atoms with E-state index in [1.54, 1.807) is 16.2 Å². The Morgan fingerprint density at radius 3 is 2.80 bits per heavy atom. The number of thiophene rings is 1. The van der Waals surface area contributed by atoms with Gasteiger partial charge in [-0.2, -0.15) is 0 Å². The van der Waals surface area contributed by atoms with Crippen LogP contribution in [0.15, 0.2) is 12.1 Å². The lowest BCUT2D eigenvalue weighted by molar-refractivity contribution is -0.146. The Labute approximate surface area is 124 Å². The molecule has 0 saturated carbocycles. The maximum absolute atomic E-state index is 12.4. The van der Waals surface area contributed by atoms with Crippen molar-refractivity contribution in [2.45, 2.75) is 52.1 Å². The van der Waals surface area contributed by atoms with Crippen LogP contribution in [0.3, 0.4) is 0 Å². The smallest absolute Gasteiger partial charge is 0.245 e. The van der Waals surface area contributed by atoms with Crippen LogP contribution in [0, 0.1) is 6.92 Å². The minimum Gasteiger partial charge on any atom is -0.343 e. The Morgan fingerprint density at radius 1 is 1.45 bits per heavy atom. The van der Waals surface area contributed by atoms with Crippen molar-refractivity contribution in [2.75, 3.05) is 6.54 Å². The van der Waals surface area contributed by atoms with Gasteiger partial charge in [-0.05, 0) is 32.4 Å². The lowest BCUT2D eigenvalue weighted by atomic mass is 10.0. The van der Waals surface area contributed by atoms with E-state index in [0.717, 1.165) is 12.8 Å². The zero-order valence-corrected chi connectivity index (χ0v) is 13.1. The van der Waals surface area contributed by atoms with Crippen LogP contribution in [-0.4, -0.2) is 35.3 Å². The molecule has 0 spiro atoms. The molecule has 1 aromatic heterocycles. The molecule has 5 heteroatoms. The minimum absolute atomic E-state index is 0.0442. The molecule has 4 nitrogen and oxygen atoms in total. The average Bonchev–Trinajstić information content (AvgIpc) is 2.79. The van der Waals surface area contributed by atoms with Crippen LogP contribution in [0.25, 0.3) is 0 Å². The molecule has 2 amide bonds. The number of nitrogens with zero attached hydrogens (tertiary/aromatic N) is 1. The van der Waals surface area contributed by atoms with Crippen LogP contribution in [0.4, 0.5) is 0 Å². The van der Waals surface area contributed by atoms with E-state index in [-0.39, 0.29) is 30.4 Å². The molecule has 1 aliphatic rings. The van der Waals surface area contributed by atoms with Crippen LogP contribution in [0.1, 0.15) is 36.4 Å². The number of carbonyl (C=O) groups excluding carboxylic acids is 2. The van der Waals surface area contributed by atoms with Gasteiger partial charge >= 0.3 is 0 Å². The third-order valence-electron chi connectivity index (χ3n) is 3.63. The second-order valence-electron chi connectivity index (χ2n) is 5.44. The number of carbonyl (C=O) groups is 2. The molecule has 2 atom stereocenters. The van der Waals surface area contributed by atoms with Crippen LogP contribution in [0.5, 0.6) is 0 Å². The number of nitrogens with one attached hydrogen (secondary N) is 1. The van der Waals surface area contributed by atoms with Crippen LogP contribution in [0.2, 0.25) is 0 Å². The molecule has 2 rings (SSSR count). The molecule has 1 fully saturated rings. The van der Waals surface area contributed by atoms with E-state index >= 15 is 0 Å².